The molecule has 0 amide bonds. The molecule has 0 aliphatic rings. The number of benzene rings is 2. The van der Waals surface area contributed by atoms with E-state index in [1.807, 2.05) is 0 Å². The Morgan fingerprint density at radius 2 is 1.28 bits per heavy atom. The Hall–Kier alpha value is -6.13. The lowest BCUT2D eigenvalue weighted by Crippen LogP contribution is -2.27. The largest absolute Gasteiger partial charge is 0.481 e. The fraction of sp³-hybridized carbons (Fsp3) is 0.171. The molecule has 57 heavy (non-hydrogen) atoms. The summed E-state index contributed by atoms with van der Waals surface area (Å²) in [4.78, 5) is 60.3. The molecule has 0 aliphatic heterocycles. The molecule has 8 aromatic rings. The highest BCUT2D eigenvalue weighted by atomic mass is 32.1. The smallest absolute Gasteiger partial charge is 0.416 e. The molecule has 0 atom stereocenters. The molecule has 6 heterocycles. The van der Waals surface area contributed by atoms with Crippen molar-refractivity contribution in [1.29, 1.82) is 0 Å². The molecule has 0 fully saturated rings. The first kappa shape index (κ1) is 39.1. The second-order valence-corrected chi connectivity index (χ2v) is 15.2. The van der Waals surface area contributed by atoms with Crippen LogP contribution in [-0.4, -0.2) is 56.7 Å². The number of halogens is 6. The first-order valence-electron chi connectivity index (χ1n) is 16.1. The topological polar surface area (TPSA) is 183 Å². The lowest BCUT2D eigenvalue weighted by Gasteiger charge is -2.07. The number of aromatic nitrogens is 7. The van der Waals surface area contributed by atoms with Crippen LogP contribution in [-0.2, 0) is 47.9 Å². The van der Waals surface area contributed by atoms with Crippen molar-refractivity contribution in [3.05, 3.63) is 119 Å². The Morgan fingerprint density at radius 3 is 1.96 bits per heavy atom. The summed E-state index contributed by atoms with van der Waals surface area (Å²) in [6.07, 6.45) is -7.08. The normalized spacial score (nSPS) is 12.0. The second-order valence-electron chi connectivity index (χ2n) is 12.2. The van der Waals surface area contributed by atoms with Crippen molar-refractivity contribution >= 4 is 88.1 Å². The Morgan fingerprint density at radius 1 is 0.684 bits per heavy atom. The van der Waals surface area contributed by atoms with Crippen LogP contribution in [0.5, 0.6) is 0 Å². The van der Waals surface area contributed by atoms with Crippen LogP contribution < -0.4 is 11.1 Å². The molecule has 292 valence electrons. The van der Waals surface area contributed by atoms with Gasteiger partial charge in [-0.2, -0.15) is 47.9 Å². The van der Waals surface area contributed by atoms with Crippen LogP contribution in [0, 0.1) is 0 Å². The predicted octanol–water partition coefficient (Wildman–Crippen LogP) is 6.86. The lowest BCUT2D eigenvalue weighted by atomic mass is 10.1. The van der Waals surface area contributed by atoms with Gasteiger partial charge in [0.1, 0.15) is 16.2 Å². The van der Waals surface area contributed by atoms with Crippen LogP contribution in [0.3, 0.4) is 0 Å². The van der Waals surface area contributed by atoms with Crippen LogP contribution in [0.4, 0.5) is 26.3 Å². The highest BCUT2D eigenvalue weighted by Crippen LogP contribution is 2.35. The van der Waals surface area contributed by atoms with Gasteiger partial charge < -0.3 is 10.2 Å². The number of thiophene rings is 2. The third-order valence-electron chi connectivity index (χ3n) is 8.21. The van der Waals surface area contributed by atoms with Gasteiger partial charge in [0.2, 0.25) is 0 Å². The molecule has 0 spiro atoms. The number of fused-ring (bicyclic) bond motifs is 4. The van der Waals surface area contributed by atoms with E-state index in [4.69, 9.17) is 10.2 Å². The number of thiazole rings is 1. The maximum atomic E-state index is 12.9. The summed E-state index contributed by atoms with van der Waals surface area (Å²) in [5.41, 5.74) is -1.97. The Bertz CT molecular complexity index is 2990. The van der Waals surface area contributed by atoms with Gasteiger partial charge in [0.15, 0.2) is 5.52 Å². The van der Waals surface area contributed by atoms with E-state index in [2.05, 4.69) is 25.1 Å². The van der Waals surface area contributed by atoms with Crippen molar-refractivity contribution in [2.45, 2.75) is 38.3 Å². The molecule has 13 nitrogen and oxygen atoms in total. The Kier molecular flexibility index (Phi) is 10.3. The number of carbonyl (C=O) groups is 2. The van der Waals surface area contributed by atoms with Crippen LogP contribution in [0.25, 0.3) is 42.1 Å². The van der Waals surface area contributed by atoms with Gasteiger partial charge in [0.05, 0.1) is 58.4 Å². The average molecular weight is 846 g/mol. The zero-order valence-electron chi connectivity index (χ0n) is 28.3. The first-order chi connectivity index (χ1) is 26.9. The highest BCUT2D eigenvalue weighted by Gasteiger charge is 2.31. The van der Waals surface area contributed by atoms with E-state index < -0.39 is 47.4 Å². The lowest BCUT2D eigenvalue weighted by molar-refractivity contribution is -0.138. The zero-order valence-corrected chi connectivity index (χ0v) is 30.8. The quantitative estimate of drug-likeness (QED) is 0.153. The number of carboxylic acids is 2. The maximum Gasteiger partial charge on any atom is 0.416 e. The number of hydrogen-bond donors (Lipinski definition) is 2. The Balaban J connectivity index is 0.000000174. The number of hydrogen-bond acceptors (Lipinski definition) is 12. The molecule has 2 N–H and O–H groups in total. The minimum atomic E-state index is -4.49. The molecule has 6 aromatic heterocycles. The molecule has 2 aromatic carbocycles. The molecular formula is C35H21F6N7O6S3. The van der Waals surface area contributed by atoms with E-state index in [0.717, 1.165) is 40.3 Å². The van der Waals surface area contributed by atoms with Gasteiger partial charge in [-0.25, -0.2) is 19.3 Å². The van der Waals surface area contributed by atoms with Gasteiger partial charge in [0, 0.05) is 38.1 Å². The molecule has 22 heteroatoms. The maximum absolute atomic E-state index is 12.9. The molecule has 0 unspecified atom stereocenters. The van der Waals surface area contributed by atoms with Crippen LogP contribution in [0.2, 0.25) is 0 Å². The summed E-state index contributed by atoms with van der Waals surface area (Å²) in [6.45, 7) is -0.0867. The van der Waals surface area contributed by atoms with E-state index in [-0.39, 0.29) is 53.0 Å². The number of rotatable bonds is 8. The van der Waals surface area contributed by atoms with Crippen LogP contribution in [0.15, 0.2) is 75.2 Å². The van der Waals surface area contributed by atoms with Gasteiger partial charge in [-0.1, -0.05) is 0 Å². The first-order valence-corrected chi connectivity index (χ1v) is 18.7. The van der Waals surface area contributed by atoms with E-state index in [1.165, 1.54) is 51.9 Å². The summed E-state index contributed by atoms with van der Waals surface area (Å²) >= 11 is 3.66. The van der Waals surface area contributed by atoms with Crippen molar-refractivity contribution in [2.24, 2.45) is 0 Å². The molecule has 0 saturated carbocycles. The Labute approximate surface area is 324 Å². The minimum absolute atomic E-state index is 0.0424. The van der Waals surface area contributed by atoms with Crippen LogP contribution >= 0.6 is 34.0 Å². The average Bonchev–Trinajstić information content (AvgIpc) is 3.89. The SMILES string of the molecule is O=C(O)Cc1nn(Cc2cc3cc(C(F)(F)F)ccc3s2)c(=O)c2cscc12.O=C(O)Cc1nn(Cc2nc3cc(C(F)(F)F)ccc3s2)c(=O)c2nccnc12. The van der Waals surface area contributed by atoms with E-state index in [1.54, 1.807) is 16.8 Å². The van der Waals surface area contributed by atoms with Crippen molar-refractivity contribution in [3.63, 3.8) is 0 Å². The number of aliphatic carboxylic acids is 2. The summed E-state index contributed by atoms with van der Waals surface area (Å²) in [7, 11) is 0. The summed E-state index contributed by atoms with van der Waals surface area (Å²) in [6, 6.07) is 8.31. The van der Waals surface area contributed by atoms with E-state index in [0.29, 0.717) is 35.4 Å². The molecule has 8 rings (SSSR count). The van der Waals surface area contributed by atoms with Crippen LogP contribution in [0.1, 0.15) is 32.4 Å². The zero-order chi connectivity index (χ0) is 40.8. The second kappa shape index (κ2) is 15.1. The predicted molar refractivity (Wildman–Crippen MR) is 198 cm³/mol. The van der Waals surface area contributed by atoms with Gasteiger partial charge in [-0.05, 0) is 47.9 Å². The van der Waals surface area contributed by atoms with E-state index in [9.17, 15) is 45.5 Å². The van der Waals surface area contributed by atoms with Gasteiger partial charge in [0.25, 0.3) is 11.1 Å². The van der Waals surface area contributed by atoms with Crippen molar-refractivity contribution in [2.75, 3.05) is 0 Å². The van der Waals surface area contributed by atoms with Crippen molar-refractivity contribution in [3.8, 4) is 0 Å². The van der Waals surface area contributed by atoms with Crippen molar-refractivity contribution < 1.29 is 46.1 Å². The molecule has 0 radical (unpaired) electrons. The number of nitrogens with zero attached hydrogens (tertiary/aromatic N) is 7. The third kappa shape index (κ3) is 8.37. The van der Waals surface area contributed by atoms with Crippen molar-refractivity contribution in [1.82, 2.24) is 34.5 Å². The van der Waals surface area contributed by atoms with Gasteiger partial charge in [-0.3, -0.25) is 24.2 Å². The minimum Gasteiger partial charge on any atom is -0.481 e. The molecule has 0 bridgehead atoms. The summed E-state index contributed by atoms with van der Waals surface area (Å²) < 4.78 is 80.7. The van der Waals surface area contributed by atoms with E-state index >= 15 is 0 Å². The van der Waals surface area contributed by atoms with Gasteiger partial charge >= 0.3 is 24.3 Å². The summed E-state index contributed by atoms with van der Waals surface area (Å²) in [5.74, 6) is -2.22. The van der Waals surface area contributed by atoms with Gasteiger partial charge in [-0.15, -0.1) is 22.7 Å². The monoisotopic (exact) mass is 845 g/mol. The fourth-order valence-electron chi connectivity index (χ4n) is 5.73. The number of alkyl halides is 6. The molecular weight excluding hydrogens is 825 g/mol. The fourth-order valence-corrected chi connectivity index (χ4v) is 8.52. The summed E-state index contributed by atoms with van der Waals surface area (Å²) in [5, 5.41) is 31.4. The standard InChI is InChI=1S/C18H11F3N2O3S2.C17H10F3N5O3S/c19-18(20,21)10-1-2-15-9(3-10)4-11(28-15)6-23-17(26)13-8-27-7-12(13)14(22-23)5-16(24)25;18-17(19,20)8-1-2-11-9(5-8)23-12(29-11)7-25-16(28)15-14(21-3-4-22-15)10(24-25)6-13(26)27/h1-4,7-8H,5-6H2,(H,24,25);1-5H,6-7H2,(H,26,27). The molecule has 0 saturated heterocycles. The number of carboxylic acid groups (broad SMARTS) is 2. The third-order valence-corrected chi connectivity index (χ3v) is 11.1. The highest BCUT2D eigenvalue weighted by molar-refractivity contribution is 7.19. The molecule has 0 aliphatic carbocycles.